The third kappa shape index (κ3) is 5.03. The molecule has 0 bridgehead atoms. The van der Waals surface area contributed by atoms with Gasteiger partial charge in [0, 0.05) is 44.8 Å². The number of hydrogen-bond acceptors (Lipinski definition) is 7. The van der Waals surface area contributed by atoms with Crippen LogP contribution in [0.3, 0.4) is 0 Å². The van der Waals surface area contributed by atoms with Crippen molar-refractivity contribution in [2.45, 2.75) is 0 Å². The summed E-state index contributed by atoms with van der Waals surface area (Å²) in [5, 5.41) is 4.85. The molecule has 0 spiro atoms. The first-order valence-electron chi connectivity index (χ1n) is 9.70. The Morgan fingerprint density at radius 1 is 1.03 bits per heavy atom. The fourth-order valence-electron chi connectivity index (χ4n) is 3.37. The average Bonchev–Trinajstić information content (AvgIpc) is 3.32. The van der Waals surface area contributed by atoms with Crippen LogP contribution in [0.25, 0.3) is 0 Å². The van der Waals surface area contributed by atoms with E-state index in [9.17, 15) is 9.59 Å². The number of carbonyl (C=O) groups excluding carboxylic acids is 2. The summed E-state index contributed by atoms with van der Waals surface area (Å²) in [6.45, 7) is 4.19. The summed E-state index contributed by atoms with van der Waals surface area (Å²) in [4.78, 5) is 29.9. The van der Waals surface area contributed by atoms with Crippen LogP contribution >= 0.6 is 11.3 Å². The number of methoxy groups -OCH3 is 3. The number of carbonyl (C=O) groups is 2. The van der Waals surface area contributed by atoms with E-state index in [1.54, 1.807) is 12.1 Å². The molecule has 0 unspecified atom stereocenters. The summed E-state index contributed by atoms with van der Waals surface area (Å²) in [7, 11) is 4.55. The van der Waals surface area contributed by atoms with E-state index in [1.165, 1.54) is 32.7 Å². The van der Waals surface area contributed by atoms with Crippen molar-refractivity contribution in [3.8, 4) is 17.2 Å². The highest BCUT2D eigenvalue weighted by Crippen LogP contribution is 2.38. The van der Waals surface area contributed by atoms with E-state index in [0.29, 0.717) is 42.4 Å². The first kappa shape index (κ1) is 21.9. The zero-order chi connectivity index (χ0) is 21.5. The molecule has 9 heteroatoms. The molecule has 1 fully saturated rings. The summed E-state index contributed by atoms with van der Waals surface area (Å²) < 4.78 is 15.9. The average molecular weight is 434 g/mol. The number of hydrogen-bond donors (Lipinski definition) is 1. The Labute approximate surface area is 180 Å². The van der Waals surface area contributed by atoms with Gasteiger partial charge in [-0.3, -0.25) is 14.5 Å². The molecule has 2 amide bonds. The molecular weight excluding hydrogens is 406 g/mol. The predicted octanol–water partition coefficient (Wildman–Crippen LogP) is 1.96. The van der Waals surface area contributed by atoms with Gasteiger partial charge in [0.2, 0.25) is 5.75 Å². The van der Waals surface area contributed by atoms with Gasteiger partial charge in [-0.1, -0.05) is 6.07 Å². The van der Waals surface area contributed by atoms with E-state index in [1.807, 2.05) is 22.4 Å². The third-order valence-corrected chi connectivity index (χ3v) is 5.89. The van der Waals surface area contributed by atoms with Crippen LogP contribution in [0.1, 0.15) is 20.0 Å². The van der Waals surface area contributed by atoms with E-state index in [0.717, 1.165) is 24.5 Å². The van der Waals surface area contributed by atoms with Crippen LogP contribution in [0.4, 0.5) is 0 Å². The van der Waals surface area contributed by atoms with Crippen molar-refractivity contribution in [2.75, 3.05) is 60.6 Å². The molecule has 162 valence electrons. The normalized spacial score (nSPS) is 14.3. The molecule has 1 saturated heterocycles. The first-order chi connectivity index (χ1) is 14.6. The number of ether oxygens (including phenoxy) is 3. The van der Waals surface area contributed by atoms with Crippen molar-refractivity contribution >= 4 is 23.2 Å². The lowest BCUT2D eigenvalue weighted by Gasteiger charge is -2.34. The Balaban J connectivity index is 1.48. The van der Waals surface area contributed by atoms with Gasteiger partial charge in [0.05, 0.1) is 26.2 Å². The van der Waals surface area contributed by atoms with Gasteiger partial charge in [-0.2, -0.15) is 0 Å². The quantitative estimate of drug-likeness (QED) is 0.686. The molecule has 1 aliphatic rings. The Hall–Kier alpha value is -2.78. The molecule has 1 aliphatic heterocycles. The third-order valence-electron chi connectivity index (χ3n) is 5.03. The SMILES string of the molecule is COc1cc(C(=O)NCCN2CCN(C(=O)c3cccs3)CC2)cc(OC)c1OC. The Bertz CT molecular complexity index is 839. The summed E-state index contributed by atoms with van der Waals surface area (Å²) in [5.74, 6) is 1.22. The molecule has 0 atom stereocenters. The number of amides is 2. The second-order valence-corrected chi connectivity index (χ2v) is 7.73. The molecule has 0 radical (unpaired) electrons. The first-order valence-corrected chi connectivity index (χ1v) is 10.6. The molecule has 1 aromatic carbocycles. The summed E-state index contributed by atoms with van der Waals surface area (Å²) >= 11 is 1.47. The van der Waals surface area contributed by atoms with Crippen molar-refractivity contribution in [1.82, 2.24) is 15.1 Å². The smallest absolute Gasteiger partial charge is 0.264 e. The van der Waals surface area contributed by atoms with Crippen molar-refractivity contribution < 1.29 is 23.8 Å². The molecule has 2 heterocycles. The van der Waals surface area contributed by atoms with Crippen LogP contribution in [0.15, 0.2) is 29.6 Å². The predicted molar refractivity (Wildman–Crippen MR) is 115 cm³/mol. The zero-order valence-corrected chi connectivity index (χ0v) is 18.3. The van der Waals surface area contributed by atoms with Crippen LogP contribution in [0.5, 0.6) is 17.2 Å². The Morgan fingerprint density at radius 2 is 1.70 bits per heavy atom. The fraction of sp³-hybridized carbons (Fsp3) is 0.429. The largest absolute Gasteiger partial charge is 0.493 e. The molecule has 1 N–H and O–H groups in total. The molecule has 30 heavy (non-hydrogen) atoms. The number of piperazine rings is 1. The van der Waals surface area contributed by atoms with Crippen molar-refractivity contribution in [3.05, 3.63) is 40.1 Å². The highest BCUT2D eigenvalue weighted by Gasteiger charge is 2.23. The monoisotopic (exact) mass is 433 g/mol. The van der Waals surface area contributed by atoms with Gasteiger partial charge in [0.15, 0.2) is 11.5 Å². The van der Waals surface area contributed by atoms with Gasteiger partial charge in [-0.05, 0) is 23.6 Å². The van der Waals surface area contributed by atoms with E-state index in [2.05, 4.69) is 10.2 Å². The highest BCUT2D eigenvalue weighted by atomic mass is 32.1. The van der Waals surface area contributed by atoms with Crippen molar-refractivity contribution in [2.24, 2.45) is 0 Å². The molecule has 0 aliphatic carbocycles. The maximum atomic E-state index is 12.6. The molecular formula is C21H27N3O5S. The Morgan fingerprint density at radius 3 is 2.23 bits per heavy atom. The maximum absolute atomic E-state index is 12.6. The molecule has 3 rings (SSSR count). The zero-order valence-electron chi connectivity index (χ0n) is 17.5. The van der Waals surface area contributed by atoms with E-state index < -0.39 is 0 Å². The second-order valence-electron chi connectivity index (χ2n) is 6.78. The summed E-state index contributed by atoms with van der Waals surface area (Å²) in [5.41, 5.74) is 0.441. The van der Waals surface area contributed by atoms with Gasteiger partial charge in [0.25, 0.3) is 11.8 Å². The number of thiophene rings is 1. The van der Waals surface area contributed by atoms with E-state index >= 15 is 0 Å². The minimum Gasteiger partial charge on any atom is -0.493 e. The molecule has 2 aromatic rings. The topological polar surface area (TPSA) is 80.3 Å². The van der Waals surface area contributed by atoms with Crippen LogP contribution < -0.4 is 19.5 Å². The summed E-state index contributed by atoms with van der Waals surface area (Å²) in [6.07, 6.45) is 0. The Kier molecular flexibility index (Phi) is 7.53. The van der Waals surface area contributed by atoms with Crippen LogP contribution in [0, 0.1) is 0 Å². The molecule has 0 saturated carbocycles. The van der Waals surface area contributed by atoms with Crippen molar-refractivity contribution in [1.29, 1.82) is 0 Å². The summed E-state index contributed by atoms with van der Waals surface area (Å²) in [6, 6.07) is 7.01. The molecule has 8 nitrogen and oxygen atoms in total. The number of rotatable bonds is 8. The fourth-order valence-corrected chi connectivity index (χ4v) is 4.06. The standard InChI is InChI=1S/C21H27N3O5S/c1-27-16-13-15(14-17(28-2)19(16)29-3)20(25)22-6-7-23-8-10-24(11-9-23)21(26)18-5-4-12-30-18/h4-5,12-14H,6-11H2,1-3H3,(H,22,25). The minimum atomic E-state index is -0.208. The van der Waals surface area contributed by atoms with Gasteiger partial charge in [-0.15, -0.1) is 11.3 Å². The number of nitrogens with zero attached hydrogens (tertiary/aromatic N) is 2. The number of nitrogens with one attached hydrogen (secondary N) is 1. The van der Waals surface area contributed by atoms with Crippen LogP contribution in [-0.4, -0.2) is 82.2 Å². The van der Waals surface area contributed by atoms with Crippen molar-refractivity contribution in [3.63, 3.8) is 0 Å². The highest BCUT2D eigenvalue weighted by molar-refractivity contribution is 7.12. The van der Waals surface area contributed by atoms with E-state index in [4.69, 9.17) is 14.2 Å². The lowest BCUT2D eigenvalue weighted by molar-refractivity contribution is 0.0642. The maximum Gasteiger partial charge on any atom is 0.264 e. The second kappa shape index (κ2) is 10.3. The van der Waals surface area contributed by atoms with Gasteiger partial charge in [0.1, 0.15) is 0 Å². The van der Waals surface area contributed by atoms with Crippen LogP contribution in [-0.2, 0) is 0 Å². The lowest BCUT2D eigenvalue weighted by atomic mass is 10.1. The van der Waals surface area contributed by atoms with E-state index in [-0.39, 0.29) is 11.8 Å². The lowest BCUT2D eigenvalue weighted by Crippen LogP contribution is -2.50. The van der Waals surface area contributed by atoms with Crippen LogP contribution in [0.2, 0.25) is 0 Å². The number of benzene rings is 1. The van der Waals surface area contributed by atoms with Gasteiger partial charge in [-0.25, -0.2) is 0 Å². The molecule has 1 aromatic heterocycles. The van der Waals surface area contributed by atoms with Gasteiger partial charge >= 0.3 is 0 Å². The minimum absolute atomic E-state index is 0.0975. The van der Waals surface area contributed by atoms with Gasteiger partial charge < -0.3 is 24.4 Å².